The van der Waals surface area contributed by atoms with E-state index < -0.39 is 86.5 Å². The lowest BCUT2D eigenvalue weighted by Crippen LogP contribution is -2.82. The molecule has 0 aromatic heterocycles. The molecule has 4 aliphatic heterocycles. The zero-order valence-corrected chi connectivity index (χ0v) is 21.4. The summed E-state index contributed by atoms with van der Waals surface area (Å²) < 4.78 is 24.5. The van der Waals surface area contributed by atoms with Crippen molar-refractivity contribution in [3.63, 3.8) is 0 Å². The first-order valence-electron chi connectivity index (χ1n) is 13.4. The van der Waals surface area contributed by atoms with Crippen molar-refractivity contribution in [1.29, 1.82) is 0 Å². The third-order valence-electron chi connectivity index (χ3n) is 12.3. The average molecular weight is 527 g/mol. The van der Waals surface area contributed by atoms with Crippen molar-refractivity contribution < 1.29 is 48.3 Å². The molecule has 4 aliphatic carbocycles. The second-order valence-corrected chi connectivity index (χ2v) is 13.3. The van der Waals surface area contributed by atoms with E-state index in [9.17, 15) is 29.4 Å². The molecule has 2 saturated carbocycles. The molecule has 4 heterocycles. The van der Waals surface area contributed by atoms with Crippen LogP contribution in [0.5, 0.6) is 0 Å². The van der Waals surface area contributed by atoms with Crippen LogP contribution in [0.15, 0.2) is 24.3 Å². The SMILES string of the molecule is C[C@@]12C[C@H]3OC(=O)[C@@H]1CO[C@]14C(=O)O[C@]5([C@H]21)[C@@](O)(CCC1[C@H]4C=C[C@@]2(O)CC=CC(=O)[C@]12C)C(=O)O[C@@]35C. The zero-order chi connectivity index (χ0) is 26.9. The van der Waals surface area contributed by atoms with E-state index in [1.807, 2.05) is 6.92 Å². The van der Waals surface area contributed by atoms with Gasteiger partial charge in [0.1, 0.15) is 6.10 Å². The van der Waals surface area contributed by atoms with Crippen LogP contribution in [0.3, 0.4) is 0 Å². The first-order chi connectivity index (χ1) is 17.8. The summed E-state index contributed by atoms with van der Waals surface area (Å²) in [5.41, 5.74) is -11.3. The first kappa shape index (κ1) is 23.3. The van der Waals surface area contributed by atoms with E-state index in [2.05, 4.69) is 0 Å². The van der Waals surface area contributed by atoms with Crippen LogP contribution in [0.25, 0.3) is 0 Å². The van der Waals surface area contributed by atoms with Crippen LogP contribution in [0.4, 0.5) is 0 Å². The molecule has 0 aromatic rings. The van der Waals surface area contributed by atoms with Gasteiger partial charge in [-0.25, -0.2) is 9.59 Å². The number of allylic oxidation sites excluding steroid dienone is 1. The highest BCUT2D eigenvalue weighted by Gasteiger charge is 2.95. The molecule has 10 heteroatoms. The van der Waals surface area contributed by atoms with Crippen LogP contribution in [0, 0.1) is 34.5 Å². The van der Waals surface area contributed by atoms with E-state index >= 15 is 0 Å². The van der Waals surface area contributed by atoms with Gasteiger partial charge in [0.25, 0.3) is 0 Å². The van der Waals surface area contributed by atoms with Crippen molar-refractivity contribution in [1.82, 2.24) is 0 Å². The normalized spacial score (nSPS) is 60.7. The molecule has 1 unspecified atom stereocenters. The summed E-state index contributed by atoms with van der Waals surface area (Å²) in [5, 5.41) is 24.1. The van der Waals surface area contributed by atoms with Gasteiger partial charge in [0.2, 0.25) is 11.2 Å². The third-order valence-corrected chi connectivity index (χ3v) is 12.3. The van der Waals surface area contributed by atoms with Gasteiger partial charge < -0.3 is 29.2 Å². The quantitative estimate of drug-likeness (QED) is 0.260. The number of carbonyl (C=O) groups is 4. The van der Waals surface area contributed by atoms with E-state index in [1.54, 1.807) is 32.1 Å². The molecule has 4 bridgehead atoms. The molecule has 8 rings (SSSR count). The predicted octanol–water partition coefficient (Wildman–Crippen LogP) is 0.528. The smallest absolute Gasteiger partial charge is 0.343 e. The van der Waals surface area contributed by atoms with Crippen LogP contribution < -0.4 is 0 Å². The molecular weight excluding hydrogens is 496 g/mol. The molecule has 0 aromatic carbocycles. The maximum Gasteiger partial charge on any atom is 0.343 e. The second-order valence-electron chi connectivity index (χ2n) is 13.3. The van der Waals surface area contributed by atoms with Crippen molar-refractivity contribution in [3.8, 4) is 0 Å². The minimum atomic E-state index is -2.27. The van der Waals surface area contributed by atoms with Gasteiger partial charge >= 0.3 is 17.9 Å². The Kier molecular flexibility index (Phi) is 3.75. The van der Waals surface area contributed by atoms with Gasteiger partial charge in [-0.05, 0) is 56.9 Å². The molecule has 8 aliphatic rings. The van der Waals surface area contributed by atoms with Gasteiger partial charge in [0.05, 0.1) is 29.5 Å². The number of esters is 3. The lowest BCUT2D eigenvalue weighted by atomic mass is 9.39. The summed E-state index contributed by atoms with van der Waals surface area (Å²) in [6.45, 7) is 5.04. The highest BCUT2D eigenvalue weighted by molar-refractivity contribution is 5.98. The highest BCUT2D eigenvalue weighted by Crippen LogP contribution is 2.77. The van der Waals surface area contributed by atoms with Gasteiger partial charge in [-0.1, -0.05) is 25.2 Å². The Morgan fingerprint density at radius 1 is 1.03 bits per heavy atom. The zero-order valence-electron chi connectivity index (χ0n) is 21.4. The fourth-order valence-corrected chi connectivity index (χ4v) is 10.3. The Hall–Kier alpha value is -2.56. The second kappa shape index (κ2) is 6.10. The minimum Gasteiger partial charge on any atom is -0.458 e. The molecule has 2 N–H and O–H groups in total. The molecule has 0 radical (unpaired) electrons. The first-order valence-corrected chi connectivity index (χ1v) is 13.4. The van der Waals surface area contributed by atoms with E-state index in [0.29, 0.717) is 6.42 Å². The van der Waals surface area contributed by atoms with Crippen LogP contribution in [0.1, 0.15) is 46.5 Å². The van der Waals surface area contributed by atoms with E-state index in [4.69, 9.17) is 18.9 Å². The largest absolute Gasteiger partial charge is 0.458 e. The fourth-order valence-electron chi connectivity index (χ4n) is 10.3. The Balaban J connectivity index is 1.46. The standard InChI is InChI=1S/C28H30O10/c1-22-11-17-24(3)28-19(22)27(21(32)38-28,35-12-15(22)18(30)36-17)14-6-9-25(33)8-4-5-16(29)23(25,2)13(14)7-10-26(28,34)20(31)37-24/h4-6,9,13-15,17,19,33-34H,7-8,10-12H2,1-3H3/t13?,14-,15+,17-,19-,22-,23+,24+,25+,26-,27+,28+/m1/s1. The molecular formula is C28H30O10. The molecule has 0 amide bonds. The Morgan fingerprint density at radius 2 is 1.79 bits per heavy atom. The lowest BCUT2D eigenvalue weighted by Gasteiger charge is -2.67. The van der Waals surface area contributed by atoms with Crippen molar-refractivity contribution in [2.24, 2.45) is 34.5 Å². The van der Waals surface area contributed by atoms with Crippen LogP contribution in [0.2, 0.25) is 0 Å². The number of carbonyl (C=O) groups excluding carboxylic acids is 4. The van der Waals surface area contributed by atoms with Gasteiger partial charge in [-0.3, -0.25) is 9.59 Å². The Labute approximate surface area is 218 Å². The van der Waals surface area contributed by atoms with Gasteiger partial charge in [-0.2, -0.15) is 0 Å². The average Bonchev–Trinajstić information content (AvgIpc) is 3.23. The molecule has 1 spiro atoms. The highest BCUT2D eigenvalue weighted by atomic mass is 16.7. The number of ketones is 1. The molecule has 12 atom stereocenters. The summed E-state index contributed by atoms with van der Waals surface area (Å²) in [6.07, 6.45) is 5.98. The predicted molar refractivity (Wildman–Crippen MR) is 124 cm³/mol. The maximum atomic E-state index is 14.4. The Bertz CT molecular complexity index is 1340. The minimum absolute atomic E-state index is 0.112. The Morgan fingerprint density at radius 3 is 2.55 bits per heavy atom. The van der Waals surface area contributed by atoms with Crippen molar-refractivity contribution in [2.75, 3.05) is 6.61 Å². The van der Waals surface area contributed by atoms with Crippen molar-refractivity contribution in [3.05, 3.63) is 24.3 Å². The van der Waals surface area contributed by atoms with Crippen molar-refractivity contribution >= 4 is 23.7 Å². The van der Waals surface area contributed by atoms with Crippen LogP contribution in [-0.4, -0.2) is 74.6 Å². The number of rotatable bonds is 0. The topological polar surface area (TPSA) is 146 Å². The van der Waals surface area contributed by atoms with Gasteiger partial charge in [0.15, 0.2) is 17.0 Å². The molecule has 6 fully saturated rings. The number of aliphatic hydroxyl groups is 2. The lowest BCUT2D eigenvalue weighted by molar-refractivity contribution is -0.331. The fraction of sp³-hybridized carbons (Fsp3) is 0.714. The number of hydrogen-bond donors (Lipinski definition) is 2. The van der Waals surface area contributed by atoms with Crippen LogP contribution >= 0.6 is 0 Å². The molecule has 4 saturated heterocycles. The van der Waals surface area contributed by atoms with Crippen LogP contribution in [-0.2, 0) is 38.1 Å². The molecule has 38 heavy (non-hydrogen) atoms. The summed E-state index contributed by atoms with van der Waals surface area (Å²) in [7, 11) is 0. The summed E-state index contributed by atoms with van der Waals surface area (Å²) in [4.78, 5) is 54.9. The maximum absolute atomic E-state index is 14.4. The summed E-state index contributed by atoms with van der Waals surface area (Å²) in [5.74, 6) is -5.61. The summed E-state index contributed by atoms with van der Waals surface area (Å²) in [6, 6.07) is 0. The van der Waals surface area contributed by atoms with E-state index in [0.717, 1.165) is 0 Å². The number of ether oxygens (including phenoxy) is 4. The number of hydrogen-bond acceptors (Lipinski definition) is 10. The van der Waals surface area contributed by atoms with Gasteiger partial charge in [-0.15, -0.1) is 0 Å². The molecule has 10 nitrogen and oxygen atoms in total. The van der Waals surface area contributed by atoms with E-state index in [-0.39, 0.29) is 31.7 Å². The van der Waals surface area contributed by atoms with Crippen molar-refractivity contribution in [2.45, 2.75) is 80.6 Å². The summed E-state index contributed by atoms with van der Waals surface area (Å²) >= 11 is 0. The van der Waals surface area contributed by atoms with E-state index in [1.165, 1.54) is 6.08 Å². The molecule has 202 valence electrons. The monoisotopic (exact) mass is 526 g/mol. The van der Waals surface area contributed by atoms with Gasteiger partial charge in [0, 0.05) is 5.92 Å². The third kappa shape index (κ3) is 1.89. The number of fused-ring (bicyclic) bond motifs is 5.